The molecule has 1 N–H and O–H groups in total. The lowest BCUT2D eigenvalue weighted by atomic mass is 10.2. The summed E-state index contributed by atoms with van der Waals surface area (Å²) in [6.45, 7) is 2.25. The molecule has 0 aromatic heterocycles. The van der Waals surface area contributed by atoms with Crippen LogP contribution in [-0.2, 0) is 11.3 Å². The first-order chi connectivity index (χ1) is 14.5. The Kier molecular flexibility index (Phi) is 6.20. The van der Waals surface area contributed by atoms with E-state index >= 15 is 0 Å². The Morgan fingerprint density at radius 2 is 1.70 bits per heavy atom. The number of urea groups is 1. The van der Waals surface area contributed by atoms with Gasteiger partial charge in [0, 0.05) is 42.8 Å². The molecule has 4 rings (SSSR count). The third kappa shape index (κ3) is 4.57. The van der Waals surface area contributed by atoms with Crippen LogP contribution in [0.15, 0.2) is 42.5 Å². The molecule has 7 nitrogen and oxygen atoms in total. The number of carbonyl (C=O) groups is 2. The van der Waals surface area contributed by atoms with Crippen molar-refractivity contribution in [1.29, 1.82) is 0 Å². The average Bonchev–Trinajstić information content (AvgIpc) is 2.77. The molecule has 1 unspecified atom stereocenters. The topological polar surface area (TPSA) is 71.1 Å². The average molecular weight is 450 g/mol. The van der Waals surface area contributed by atoms with Crippen molar-refractivity contribution in [2.24, 2.45) is 0 Å². The zero-order valence-electron chi connectivity index (χ0n) is 16.1. The number of rotatable bonds is 3. The highest BCUT2D eigenvalue weighted by Gasteiger charge is 2.33. The highest BCUT2D eigenvalue weighted by Crippen LogP contribution is 2.31. The lowest BCUT2D eigenvalue weighted by Gasteiger charge is -2.37. The van der Waals surface area contributed by atoms with Crippen LogP contribution >= 0.6 is 23.2 Å². The molecule has 1 atom stereocenters. The molecule has 0 saturated carbocycles. The second-order valence-corrected chi connectivity index (χ2v) is 7.91. The Bertz CT molecular complexity index is 948. The predicted octanol–water partition coefficient (Wildman–Crippen LogP) is 3.19. The molecule has 9 heteroatoms. The lowest BCUT2D eigenvalue weighted by molar-refractivity contribution is -0.142. The molecule has 158 valence electrons. The number of benzene rings is 2. The fourth-order valence-electron chi connectivity index (χ4n) is 3.42. The number of amides is 3. The molecule has 1 fully saturated rings. The van der Waals surface area contributed by atoms with E-state index in [1.807, 2.05) is 18.2 Å². The van der Waals surface area contributed by atoms with Gasteiger partial charge in [-0.15, -0.1) is 0 Å². The Morgan fingerprint density at radius 1 is 1.00 bits per heavy atom. The number of piperazine rings is 1. The maximum Gasteiger partial charge on any atom is 0.317 e. The van der Waals surface area contributed by atoms with Crippen LogP contribution in [0.1, 0.15) is 5.56 Å². The number of nitrogens with one attached hydrogen (secondary N) is 1. The quantitative estimate of drug-likeness (QED) is 0.780. The molecular weight excluding hydrogens is 429 g/mol. The molecule has 30 heavy (non-hydrogen) atoms. The van der Waals surface area contributed by atoms with Gasteiger partial charge in [0.05, 0.1) is 0 Å². The summed E-state index contributed by atoms with van der Waals surface area (Å²) in [5.41, 5.74) is 0.790. The van der Waals surface area contributed by atoms with Gasteiger partial charge >= 0.3 is 6.03 Å². The third-order valence-electron chi connectivity index (χ3n) is 5.11. The summed E-state index contributed by atoms with van der Waals surface area (Å²) in [5.74, 6) is 1.09. The van der Waals surface area contributed by atoms with E-state index < -0.39 is 6.10 Å². The summed E-state index contributed by atoms with van der Waals surface area (Å²) in [7, 11) is 0. The first-order valence-corrected chi connectivity index (χ1v) is 10.4. The minimum atomic E-state index is -0.674. The highest BCUT2D eigenvalue weighted by atomic mass is 35.5. The normalized spacial score (nSPS) is 18.1. The number of fused-ring (bicyclic) bond motifs is 1. The SMILES string of the molecule is O=C(NCc1ccc(Cl)cc1Cl)N1CCN(C(=O)C2COc3ccccc3O2)CC1. The van der Waals surface area contributed by atoms with E-state index in [1.165, 1.54) is 0 Å². The summed E-state index contributed by atoms with van der Waals surface area (Å²) in [6.07, 6.45) is -0.674. The van der Waals surface area contributed by atoms with Gasteiger partial charge in [-0.3, -0.25) is 4.79 Å². The van der Waals surface area contributed by atoms with Gasteiger partial charge in [0.25, 0.3) is 5.91 Å². The van der Waals surface area contributed by atoms with Gasteiger partial charge in [0.15, 0.2) is 11.5 Å². The smallest absolute Gasteiger partial charge is 0.317 e. The summed E-state index contributed by atoms with van der Waals surface area (Å²) in [6, 6.07) is 12.2. The standard InChI is InChI=1S/C21H21Cl2N3O4/c22-15-6-5-14(16(23)11-15)12-24-21(28)26-9-7-25(8-10-26)20(27)19-13-29-17-3-1-2-4-18(17)30-19/h1-6,11,19H,7-10,12-13H2,(H,24,28). The van der Waals surface area contributed by atoms with E-state index in [-0.39, 0.29) is 18.5 Å². The summed E-state index contributed by atoms with van der Waals surface area (Å²) >= 11 is 12.0. The highest BCUT2D eigenvalue weighted by molar-refractivity contribution is 6.35. The predicted molar refractivity (Wildman–Crippen MR) is 113 cm³/mol. The van der Waals surface area contributed by atoms with Gasteiger partial charge in [-0.1, -0.05) is 41.4 Å². The molecule has 0 spiro atoms. The van der Waals surface area contributed by atoms with Gasteiger partial charge in [-0.05, 0) is 29.8 Å². The van der Waals surface area contributed by atoms with Crippen molar-refractivity contribution >= 4 is 35.1 Å². The largest absolute Gasteiger partial charge is 0.485 e. The number of hydrogen-bond donors (Lipinski definition) is 1. The fourth-order valence-corrected chi connectivity index (χ4v) is 3.90. The zero-order chi connectivity index (χ0) is 21.1. The Labute approximate surface area is 184 Å². The van der Waals surface area contributed by atoms with Crippen molar-refractivity contribution in [1.82, 2.24) is 15.1 Å². The van der Waals surface area contributed by atoms with Crippen molar-refractivity contribution in [3.63, 3.8) is 0 Å². The molecule has 2 aliphatic heterocycles. The minimum absolute atomic E-state index is 0.127. The van der Waals surface area contributed by atoms with Gasteiger partial charge in [0.2, 0.25) is 6.10 Å². The number of carbonyl (C=O) groups excluding carboxylic acids is 2. The molecular formula is C21H21Cl2N3O4. The van der Waals surface area contributed by atoms with E-state index in [2.05, 4.69) is 5.32 Å². The molecule has 2 aromatic carbocycles. The van der Waals surface area contributed by atoms with Gasteiger partial charge in [0.1, 0.15) is 6.61 Å². The molecule has 1 saturated heterocycles. The Morgan fingerprint density at radius 3 is 2.43 bits per heavy atom. The fraction of sp³-hybridized carbons (Fsp3) is 0.333. The lowest BCUT2D eigenvalue weighted by Crippen LogP contribution is -2.56. The number of para-hydroxylation sites is 2. The van der Waals surface area contributed by atoms with Crippen molar-refractivity contribution in [2.45, 2.75) is 12.6 Å². The molecule has 3 amide bonds. The van der Waals surface area contributed by atoms with Gasteiger partial charge in [-0.2, -0.15) is 0 Å². The summed E-state index contributed by atoms with van der Waals surface area (Å²) in [5, 5.41) is 3.92. The second kappa shape index (κ2) is 9.02. The van der Waals surface area contributed by atoms with Crippen molar-refractivity contribution < 1.29 is 19.1 Å². The first kappa shape index (κ1) is 20.6. The number of nitrogens with zero attached hydrogens (tertiary/aromatic N) is 2. The minimum Gasteiger partial charge on any atom is -0.485 e. The maximum absolute atomic E-state index is 12.8. The van der Waals surface area contributed by atoms with Gasteiger partial charge < -0.3 is 24.6 Å². The number of halogens is 2. The van der Waals surface area contributed by atoms with Crippen LogP contribution in [0.5, 0.6) is 11.5 Å². The molecule has 2 aromatic rings. The molecule has 0 bridgehead atoms. The van der Waals surface area contributed by atoms with Gasteiger partial charge in [-0.25, -0.2) is 4.79 Å². The van der Waals surface area contributed by atoms with Crippen molar-refractivity contribution in [3.05, 3.63) is 58.1 Å². The van der Waals surface area contributed by atoms with E-state index in [0.717, 1.165) is 5.56 Å². The number of hydrogen-bond acceptors (Lipinski definition) is 4. The summed E-state index contributed by atoms with van der Waals surface area (Å²) in [4.78, 5) is 28.6. The van der Waals surface area contributed by atoms with Crippen LogP contribution in [0, 0.1) is 0 Å². The first-order valence-electron chi connectivity index (χ1n) is 9.65. The Hall–Kier alpha value is -2.64. The van der Waals surface area contributed by atoms with Crippen LogP contribution in [-0.4, -0.2) is 60.6 Å². The molecule has 0 radical (unpaired) electrons. The van der Waals surface area contributed by atoms with Crippen LogP contribution in [0.3, 0.4) is 0 Å². The van der Waals surface area contributed by atoms with Crippen LogP contribution in [0.25, 0.3) is 0 Å². The van der Waals surface area contributed by atoms with E-state index in [9.17, 15) is 9.59 Å². The van der Waals surface area contributed by atoms with E-state index in [4.69, 9.17) is 32.7 Å². The Balaban J connectivity index is 1.26. The summed E-state index contributed by atoms with van der Waals surface area (Å²) < 4.78 is 11.4. The zero-order valence-corrected chi connectivity index (χ0v) is 17.7. The molecule has 0 aliphatic carbocycles. The second-order valence-electron chi connectivity index (χ2n) is 7.07. The van der Waals surface area contributed by atoms with Crippen molar-refractivity contribution in [2.75, 3.05) is 32.8 Å². The van der Waals surface area contributed by atoms with Crippen LogP contribution in [0.4, 0.5) is 4.79 Å². The monoisotopic (exact) mass is 449 g/mol. The van der Waals surface area contributed by atoms with Crippen LogP contribution < -0.4 is 14.8 Å². The third-order valence-corrected chi connectivity index (χ3v) is 5.69. The van der Waals surface area contributed by atoms with E-state index in [1.54, 1.807) is 34.1 Å². The molecule has 2 heterocycles. The molecule has 2 aliphatic rings. The van der Waals surface area contributed by atoms with Crippen LogP contribution in [0.2, 0.25) is 10.0 Å². The van der Waals surface area contributed by atoms with E-state index in [0.29, 0.717) is 54.3 Å². The van der Waals surface area contributed by atoms with Crippen molar-refractivity contribution in [3.8, 4) is 11.5 Å². The maximum atomic E-state index is 12.8. The number of ether oxygens (including phenoxy) is 2.